The SMILES string of the molecule is COCCCC(=O)N1CC(CN)CCC1C. The van der Waals surface area contributed by atoms with Gasteiger partial charge in [-0.15, -0.1) is 0 Å². The monoisotopic (exact) mass is 228 g/mol. The van der Waals surface area contributed by atoms with Crippen LogP contribution in [-0.2, 0) is 9.53 Å². The smallest absolute Gasteiger partial charge is 0.222 e. The second-order valence-electron chi connectivity index (χ2n) is 4.67. The van der Waals surface area contributed by atoms with Gasteiger partial charge < -0.3 is 15.4 Å². The van der Waals surface area contributed by atoms with Crippen LogP contribution >= 0.6 is 0 Å². The van der Waals surface area contributed by atoms with E-state index in [1.54, 1.807) is 7.11 Å². The van der Waals surface area contributed by atoms with E-state index in [2.05, 4.69) is 6.92 Å². The molecule has 0 radical (unpaired) electrons. The van der Waals surface area contributed by atoms with Crippen molar-refractivity contribution >= 4 is 5.91 Å². The molecule has 4 heteroatoms. The third kappa shape index (κ3) is 3.76. The first kappa shape index (κ1) is 13.5. The van der Waals surface area contributed by atoms with E-state index in [9.17, 15) is 4.79 Å². The van der Waals surface area contributed by atoms with E-state index in [1.165, 1.54) is 0 Å². The van der Waals surface area contributed by atoms with Crippen LogP contribution in [-0.4, -0.2) is 43.7 Å². The molecule has 16 heavy (non-hydrogen) atoms. The maximum atomic E-state index is 12.0. The number of likely N-dealkylation sites (tertiary alicyclic amines) is 1. The van der Waals surface area contributed by atoms with Crippen LogP contribution in [0.2, 0.25) is 0 Å². The van der Waals surface area contributed by atoms with Crippen molar-refractivity contribution in [2.75, 3.05) is 26.8 Å². The van der Waals surface area contributed by atoms with Crippen LogP contribution in [0.1, 0.15) is 32.6 Å². The molecule has 4 nitrogen and oxygen atoms in total. The van der Waals surface area contributed by atoms with Crippen molar-refractivity contribution in [1.82, 2.24) is 4.90 Å². The Bertz CT molecular complexity index is 221. The molecule has 0 aromatic rings. The lowest BCUT2D eigenvalue weighted by molar-refractivity contribution is -0.135. The number of carbonyl (C=O) groups excluding carboxylic acids is 1. The molecule has 0 aromatic carbocycles. The second-order valence-corrected chi connectivity index (χ2v) is 4.67. The molecule has 1 amide bonds. The van der Waals surface area contributed by atoms with Gasteiger partial charge in [0.1, 0.15) is 0 Å². The zero-order valence-corrected chi connectivity index (χ0v) is 10.4. The lowest BCUT2D eigenvalue weighted by Crippen LogP contribution is -2.47. The van der Waals surface area contributed by atoms with Gasteiger partial charge in [0.2, 0.25) is 5.91 Å². The van der Waals surface area contributed by atoms with Gasteiger partial charge in [-0.25, -0.2) is 0 Å². The number of carbonyl (C=O) groups is 1. The van der Waals surface area contributed by atoms with Crippen LogP contribution in [0.4, 0.5) is 0 Å². The zero-order chi connectivity index (χ0) is 12.0. The third-order valence-electron chi connectivity index (χ3n) is 3.37. The van der Waals surface area contributed by atoms with Crippen molar-refractivity contribution < 1.29 is 9.53 Å². The van der Waals surface area contributed by atoms with Crippen LogP contribution < -0.4 is 5.73 Å². The normalized spacial score (nSPS) is 25.8. The molecule has 1 fully saturated rings. The number of ether oxygens (including phenoxy) is 1. The highest BCUT2D eigenvalue weighted by Crippen LogP contribution is 2.21. The van der Waals surface area contributed by atoms with Crippen molar-refractivity contribution in [3.8, 4) is 0 Å². The number of hydrogen-bond donors (Lipinski definition) is 1. The highest BCUT2D eigenvalue weighted by molar-refractivity contribution is 5.76. The summed E-state index contributed by atoms with van der Waals surface area (Å²) in [5, 5.41) is 0. The molecule has 1 heterocycles. The summed E-state index contributed by atoms with van der Waals surface area (Å²) in [5.41, 5.74) is 5.67. The zero-order valence-electron chi connectivity index (χ0n) is 10.4. The number of methoxy groups -OCH3 is 1. The fourth-order valence-corrected chi connectivity index (χ4v) is 2.23. The highest BCUT2D eigenvalue weighted by atomic mass is 16.5. The lowest BCUT2D eigenvalue weighted by Gasteiger charge is -2.37. The average Bonchev–Trinajstić information content (AvgIpc) is 2.30. The lowest BCUT2D eigenvalue weighted by atomic mass is 9.93. The molecule has 94 valence electrons. The fraction of sp³-hybridized carbons (Fsp3) is 0.917. The van der Waals surface area contributed by atoms with E-state index in [4.69, 9.17) is 10.5 Å². The van der Waals surface area contributed by atoms with Gasteiger partial charge in [0.05, 0.1) is 0 Å². The molecule has 2 N–H and O–H groups in total. The summed E-state index contributed by atoms with van der Waals surface area (Å²) in [6.45, 7) is 4.31. The molecule has 1 aliphatic rings. The maximum Gasteiger partial charge on any atom is 0.222 e. The summed E-state index contributed by atoms with van der Waals surface area (Å²) in [7, 11) is 1.67. The molecule has 1 saturated heterocycles. The summed E-state index contributed by atoms with van der Waals surface area (Å²) in [6, 6.07) is 0.373. The average molecular weight is 228 g/mol. The topological polar surface area (TPSA) is 55.6 Å². The van der Waals surface area contributed by atoms with E-state index < -0.39 is 0 Å². The van der Waals surface area contributed by atoms with E-state index in [1.807, 2.05) is 4.90 Å². The second kappa shape index (κ2) is 6.86. The predicted octanol–water partition coefficient (Wildman–Crippen LogP) is 0.999. The molecule has 0 bridgehead atoms. The number of amides is 1. The van der Waals surface area contributed by atoms with E-state index in [-0.39, 0.29) is 5.91 Å². The Morgan fingerprint density at radius 3 is 2.88 bits per heavy atom. The Labute approximate surface area is 98.1 Å². The molecule has 1 rings (SSSR count). The number of rotatable bonds is 5. The van der Waals surface area contributed by atoms with Gasteiger partial charge in [0.15, 0.2) is 0 Å². The van der Waals surface area contributed by atoms with E-state index in [0.717, 1.165) is 25.8 Å². The van der Waals surface area contributed by atoms with Crippen LogP contribution in [0.25, 0.3) is 0 Å². The van der Waals surface area contributed by atoms with Gasteiger partial charge in [-0.1, -0.05) is 0 Å². The van der Waals surface area contributed by atoms with Gasteiger partial charge >= 0.3 is 0 Å². The molecule has 2 unspecified atom stereocenters. The number of nitrogens with two attached hydrogens (primary N) is 1. The number of hydrogen-bond acceptors (Lipinski definition) is 3. The standard InChI is InChI=1S/C12H24N2O2/c1-10-5-6-11(8-13)9-14(10)12(15)4-3-7-16-2/h10-11H,3-9,13H2,1-2H3. The summed E-state index contributed by atoms with van der Waals surface area (Å²) in [5.74, 6) is 0.741. The molecule has 0 aliphatic carbocycles. The fourth-order valence-electron chi connectivity index (χ4n) is 2.23. The largest absolute Gasteiger partial charge is 0.385 e. The molecule has 2 atom stereocenters. The molecule has 0 saturated carbocycles. The molecule has 1 aliphatic heterocycles. The van der Waals surface area contributed by atoms with E-state index >= 15 is 0 Å². The van der Waals surface area contributed by atoms with Gasteiger partial charge in [0, 0.05) is 32.7 Å². The Hall–Kier alpha value is -0.610. The molecule has 0 aromatic heterocycles. The van der Waals surface area contributed by atoms with Crippen molar-refractivity contribution in [2.45, 2.75) is 38.6 Å². The van der Waals surface area contributed by atoms with Crippen molar-refractivity contribution in [1.29, 1.82) is 0 Å². The minimum absolute atomic E-state index is 0.253. The van der Waals surface area contributed by atoms with Crippen molar-refractivity contribution in [3.05, 3.63) is 0 Å². The van der Waals surface area contributed by atoms with Gasteiger partial charge in [-0.05, 0) is 38.6 Å². The van der Waals surface area contributed by atoms with Crippen molar-refractivity contribution in [2.24, 2.45) is 11.7 Å². The quantitative estimate of drug-likeness (QED) is 0.714. The highest BCUT2D eigenvalue weighted by Gasteiger charge is 2.27. The van der Waals surface area contributed by atoms with E-state index in [0.29, 0.717) is 31.5 Å². The summed E-state index contributed by atoms with van der Waals surface area (Å²) >= 11 is 0. The third-order valence-corrected chi connectivity index (χ3v) is 3.37. The Balaban J connectivity index is 2.39. The minimum Gasteiger partial charge on any atom is -0.385 e. The first-order valence-corrected chi connectivity index (χ1v) is 6.17. The van der Waals surface area contributed by atoms with Crippen LogP contribution in [0.5, 0.6) is 0 Å². The molecular weight excluding hydrogens is 204 g/mol. The van der Waals surface area contributed by atoms with Crippen LogP contribution in [0, 0.1) is 5.92 Å². The van der Waals surface area contributed by atoms with Gasteiger partial charge in [-0.3, -0.25) is 4.79 Å². The minimum atomic E-state index is 0.253. The van der Waals surface area contributed by atoms with Gasteiger partial charge in [-0.2, -0.15) is 0 Å². The molecule has 0 spiro atoms. The number of piperidine rings is 1. The predicted molar refractivity (Wildman–Crippen MR) is 64.1 cm³/mol. The summed E-state index contributed by atoms with van der Waals surface area (Å²) in [6.07, 6.45) is 3.64. The van der Waals surface area contributed by atoms with Crippen molar-refractivity contribution in [3.63, 3.8) is 0 Å². The Morgan fingerprint density at radius 2 is 2.25 bits per heavy atom. The molecular formula is C12H24N2O2. The Kier molecular flexibility index (Phi) is 5.77. The maximum absolute atomic E-state index is 12.0. The first-order chi connectivity index (χ1) is 7.69. The summed E-state index contributed by atoms with van der Waals surface area (Å²) in [4.78, 5) is 14.0. The number of nitrogens with zero attached hydrogens (tertiary/aromatic N) is 1. The van der Waals surface area contributed by atoms with Crippen LogP contribution in [0.3, 0.4) is 0 Å². The van der Waals surface area contributed by atoms with Crippen LogP contribution in [0.15, 0.2) is 0 Å². The summed E-state index contributed by atoms with van der Waals surface area (Å²) < 4.78 is 4.96. The first-order valence-electron chi connectivity index (χ1n) is 6.17. The van der Waals surface area contributed by atoms with Gasteiger partial charge in [0.25, 0.3) is 0 Å². The Morgan fingerprint density at radius 1 is 1.50 bits per heavy atom.